The normalized spacial score (nSPS) is 51.1. The van der Waals surface area contributed by atoms with Gasteiger partial charge in [0.1, 0.15) is 17.8 Å². The molecule has 0 unspecified atom stereocenters. The van der Waals surface area contributed by atoms with Crippen molar-refractivity contribution in [1.82, 2.24) is 0 Å². The predicted molar refractivity (Wildman–Crippen MR) is 70.6 cm³/mol. The van der Waals surface area contributed by atoms with Crippen LogP contribution in [0.4, 0.5) is 0 Å². The molecule has 110 valence electrons. The summed E-state index contributed by atoms with van der Waals surface area (Å²) in [5, 5.41) is 31.6. The molecule has 0 amide bonds. The van der Waals surface area contributed by atoms with Crippen LogP contribution in [0.1, 0.15) is 26.7 Å². The van der Waals surface area contributed by atoms with Crippen molar-refractivity contribution < 1.29 is 24.9 Å². The highest BCUT2D eigenvalue weighted by Crippen LogP contribution is 2.51. The third kappa shape index (κ3) is 1.63. The molecule has 6 atom stereocenters. The molecule has 0 spiro atoms. The first kappa shape index (κ1) is 13.8. The third-order valence-electron chi connectivity index (χ3n) is 5.17. The van der Waals surface area contributed by atoms with Gasteiger partial charge >= 0.3 is 5.97 Å². The topological polar surface area (TPSA) is 87.0 Å². The number of esters is 1. The Hall–Kier alpha value is -1.17. The molecule has 1 saturated heterocycles. The van der Waals surface area contributed by atoms with E-state index < -0.39 is 29.4 Å². The highest BCUT2D eigenvalue weighted by atomic mass is 16.6. The summed E-state index contributed by atoms with van der Waals surface area (Å²) >= 11 is 0. The molecule has 5 heteroatoms. The van der Waals surface area contributed by atoms with E-state index in [0.29, 0.717) is 24.0 Å². The zero-order chi connectivity index (χ0) is 14.9. The van der Waals surface area contributed by atoms with E-state index in [0.717, 1.165) is 0 Å². The maximum atomic E-state index is 11.7. The van der Waals surface area contributed by atoms with E-state index in [2.05, 4.69) is 6.58 Å². The number of fused-ring (bicyclic) bond motifs is 2. The van der Waals surface area contributed by atoms with Gasteiger partial charge in [-0.05, 0) is 32.3 Å². The monoisotopic (exact) mass is 280 g/mol. The zero-order valence-corrected chi connectivity index (χ0v) is 11.7. The maximum Gasteiger partial charge on any atom is 0.334 e. The van der Waals surface area contributed by atoms with Crippen molar-refractivity contribution in [3.05, 3.63) is 23.8 Å². The van der Waals surface area contributed by atoms with E-state index in [9.17, 15) is 20.1 Å². The van der Waals surface area contributed by atoms with Crippen molar-refractivity contribution in [2.75, 3.05) is 0 Å². The minimum absolute atomic E-state index is 0.312. The summed E-state index contributed by atoms with van der Waals surface area (Å²) in [6, 6.07) is 0. The van der Waals surface area contributed by atoms with Crippen LogP contribution in [-0.4, -0.2) is 44.7 Å². The molecular weight excluding hydrogens is 260 g/mol. The maximum absolute atomic E-state index is 11.7. The Morgan fingerprint density at radius 3 is 2.70 bits per heavy atom. The Kier molecular flexibility index (Phi) is 2.71. The van der Waals surface area contributed by atoms with Gasteiger partial charge in [-0.1, -0.05) is 12.7 Å². The van der Waals surface area contributed by atoms with Gasteiger partial charge in [-0.3, -0.25) is 0 Å². The van der Waals surface area contributed by atoms with E-state index in [4.69, 9.17) is 4.74 Å². The molecule has 20 heavy (non-hydrogen) atoms. The van der Waals surface area contributed by atoms with Crippen LogP contribution in [0.15, 0.2) is 23.8 Å². The van der Waals surface area contributed by atoms with Crippen molar-refractivity contribution in [2.24, 2.45) is 11.8 Å². The van der Waals surface area contributed by atoms with E-state index in [1.807, 2.05) is 0 Å². The summed E-state index contributed by atoms with van der Waals surface area (Å²) in [6.45, 7) is 6.96. The van der Waals surface area contributed by atoms with E-state index in [1.54, 1.807) is 13.0 Å². The summed E-state index contributed by atoms with van der Waals surface area (Å²) in [5.41, 5.74) is -1.56. The summed E-state index contributed by atoms with van der Waals surface area (Å²) < 4.78 is 5.18. The molecule has 3 rings (SSSR count). The second-order valence-electron chi connectivity index (χ2n) is 6.60. The van der Waals surface area contributed by atoms with Crippen molar-refractivity contribution in [3.8, 4) is 0 Å². The lowest BCUT2D eigenvalue weighted by molar-refractivity contribution is -0.152. The van der Waals surface area contributed by atoms with E-state index >= 15 is 0 Å². The number of carbonyl (C=O) groups excluding carboxylic acids is 1. The molecule has 0 aromatic carbocycles. The minimum atomic E-state index is -1.52. The standard InChI is InChI=1S/C15H20O5/c1-7-8-6-10-9(4-5-14(10,2)18)15(3,19)12(16)11(8)20-13(7)17/h4,8,10-12,16,18-19H,1,5-6H2,2-3H3/t8-,10+,11+,12+,14-,15+/m0/s1. The first-order valence-electron chi connectivity index (χ1n) is 6.89. The highest BCUT2D eigenvalue weighted by Gasteiger charge is 2.58. The molecule has 3 N–H and O–H groups in total. The van der Waals surface area contributed by atoms with Crippen molar-refractivity contribution in [1.29, 1.82) is 0 Å². The first-order valence-corrected chi connectivity index (χ1v) is 6.89. The minimum Gasteiger partial charge on any atom is -0.455 e. The number of aliphatic hydroxyl groups excluding tert-OH is 1. The van der Waals surface area contributed by atoms with Crippen molar-refractivity contribution in [3.63, 3.8) is 0 Å². The molecule has 5 nitrogen and oxygen atoms in total. The van der Waals surface area contributed by atoms with Crippen LogP contribution < -0.4 is 0 Å². The van der Waals surface area contributed by atoms with Crippen LogP contribution in [0.5, 0.6) is 0 Å². The number of hydrogen-bond acceptors (Lipinski definition) is 5. The Labute approximate surface area is 117 Å². The largest absolute Gasteiger partial charge is 0.455 e. The number of ether oxygens (including phenoxy) is 1. The van der Waals surface area contributed by atoms with Gasteiger partial charge in [0.25, 0.3) is 0 Å². The molecular formula is C15H20O5. The smallest absolute Gasteiger partial charge is 0.334 e. The van der Waals surface area contributed by atoms with Crippen LogP contribution in [-0.2, 0) is 9.53 Å². The number of rotatable bonds is 0. The Balaban J connectivity index is 2.08. The summed E-state index contributed by atoms with van der Waals surface area (Å²) in [6.07, 6.45) is 0.642. The van der Waals surface area contributed by atoms with Gasteiger partial charge in [-0.25, -0.2) is 4.79 Å². The Morgan fingerprint density at radius 1 is 1.40 bits per heavy atom. The van der Waals surface area contributed by atoms with Gasteiger partial charge in [0.15, 0.2) is 0 Å². The molecule has 3 aliphatic rings. The van der Waals surface area contributed by atoms with E-state index in [-0.39, 0.29) is 11.8 Å². The molecule has 2 fully saturated rings. The lowest BCUT2D eigenvalue weighted by Gasteiger charge is -2.35. The van der Waals surface area contributed by atoms with Crippen LogP contribution >= 0.6 is 0 Å². The number of aliphatic hydroxyl groups is 3. The third-order valence-corrected chi connectivity index (χ3v) is 5.17. The van der Waals surface area contributed by atoms with Crippen molar-refractivity contribution in [2.45, 2.75) is 50.1 Å². The molecule has 1 heterocycles. The number of carbonyl (C=O) groups is 1. The van der Waals surface area contributed by atoms with Gasteiger partial charge in [-0.15, -0.1) is 0 Å². The fourth-order valence-electron chi connectivity index (χ4n) is 3.81. The van der Waals surface area contributed by atoms with Gasteiger partial charge in [0, 0.05) is 17.4 Å². The Morgan fingerprint density at radius 2 is 2.05 bits per heavy atom. The predicted octanol–water partition coefficient (Wildman–Crippen LogP) is 0.297. The quantitative estimate of drug-likeness (QED) is 0.337. The average molecular weight is 280 g/mol. The summed E-state index contributed by atoms with van der Waals surface area (Å²) in [7, 11) is 0. The molecule has 1 saturated carbocycles. The molecule has 0 aromatic rings. The first-order chi connectivity index (χ1) is 9.16. The Bertz CT molecular complexity index is 516. The molecule has 0 radical (unpaired) electrons. The fraction of sp³-hybridized carbons (Fsp3) is 0.667. The molecule has 2 aliphatic carbocycles. The van der Waals surface area contributed by atoms with Gasteiger partial charge in [0.05, 0.1) is 5.60 Å². The summed E-state index contributed by atoms with van der Waals surface area (Å²) in [4.78, 5) is 11.7. The lowest BCUT2D eigenvalue weighted by Crippen LogP contribution is -2.49. The molecule has 0 bridgehead atoms. The van der Waals surface area contributed by atoms with E-state index in [1.165, 1.54) is 6.92 Å². The zero-order valence-electron chi connectivity index (χ0n) is 11.7. The van der Waals surface area contributed by atoms with Crippen LogP contribution in [0.3, 0.4) is 0 Å². The van der Waals surface area contributed by atoms with Crippen LogP contribution in [0, 0.1) is 11.8 Å². The SMILES string of the molecule is C=C1C(=O)O[C@H]2[C@@H](O)[C@](C)(O)C3=CC[C@](C)(O)[C@@H]3C[C@@H]12. The average Bonchev–Trinajstić information content (AvgIpc) is 2.77. The summed E-state index contributed by atoms with van der Waals surface area (Å²) in [5.74, 6) is -1.21. The second kappa shape index (κ2) is 3.93. The second-order valence-corrected chi connectivity index (χ2v) is 6.60. The van der Waals surface area contributed by atoms with Crippen molar-refractivity contribution >= 4 is 5.97 Å². The lowest BCUT2D eigenvalue weighted by atomic mass is 9.78. The van der Waals surface area contributed by atoms with Crippen LogP contribution in [0.25, 0.3) is 0 Å². The van der Waals surface area contributed by atoms with Gasteiger partial charge in [0.2, 0.25) is 0 Å². The van der Waals surface area contributed by atoms with Gasteiger partial charge in [-0.2, -0.15) is 0 Å². The molecule has 0 aromatic heterocycles. The number of hydrogen-bond donors (Lipinski definition) is 3. The van der Waals surface area contributed by atoms with Crippen LogP contribution in [0.2, 0.25) is 0 Å². The van der Waals surface area contributed by atoms with Gasteiger partial charge < -0.3 is 20.1 Å². The molecule has 1 aliphatic heterocycles. The highest BCUT2D eigenvalue weighted by molar-refractivity contribution is 5.91. The fourth-order valence-corrected chi connectivity index (χ4v) is 3.81.